The Balaban J connectivity index is 1.63. The van der Waals surface area contributed by atoms with Gasteiger partial charge in [0.1, 0.15) is 5.75 Å². The second-order valence-corrected chi connectivity index (χ2v) is 7.77. The highest BCUT2D eigenvalue weighted by atomic mass is 32.1. The van der Waals surface area contributed by atoms with Crippen molar-refractivity contribution < 1.29 is 14.5 Å². The second kappa shape index (κ2) is 9.43. The molecule has 3 rings (SSSR count). The Hall–Kier alpha value is -2.78. The summed E-state index contributed by atoms with van der Waals surface area (Å²) in [7, 11) is 0. The molecular formula is C19H19N3O4S2. The van der Waals surface area contributed by atoms with Gasteiger partial charge in [0.25, 0.3) is 11.6 Å². The minimum atomic E-state index is -0.438. The molecule has 1 aromatic carbocycles. The fraction of sp³-hybridized carbons (Fsp3) is 0.263. The fourth-order valence-electron chi connectivity index (χ4n) is 2.44. The number of rotatable bonds is 9. The SMILES string of the molecule is CCCCCOc1cccc(C(=O)Nc2nc(-c3cc([N+](=O)[O-])cs3)cs2)c1. The lowest BCUT2D eigenvalue weighted by atomic mass is 10.2. The molecular weight excluding hydrogens is 398 g/mol. The summed E-state index contributed by atoms with van der Waals surface area (Å²) in [6.45, 7) is 2.76. The van der Waals surface area contributed by atoms with Crippen LogP contribution in [0.4, 0.5) is 10.8 Å². The van der Waals surface area contributed by atoms with Crippen molar-refractivity contribution in [1.29, 1.82) is 0 Å². The molecule has 1 N–H and O–H groups in total. The zero-order valence-electron chi connectivity index (χ0n) is 15.2. The van der Waals surface area contributed by atoms with Crippen LogP contribution in [-0.4, -0.2) is 22.4 Å². The lowest BCUT2D eigenvalue weighted by Crippen LogP contribution is -2.11. The molecule has 0 radical (unpaired) electrons. The molecule has 3 aromatic rings. The van der Waals surface area contributed by atoms with Gasteiger partial charge in [-0.25, -0.2) is 4.98 Å². The lowest BCUT2D eigenvalue weighted by Gasteiger charge is -2.07. The van der Waals surface area contributed by atoms with Crippen molar-refractivity contribution in [3.8, 4) is 16.3 Å². The zero-order valence-corrected chi connectivity index (χ0v) is 16.8. The predicted octanol–water partition coefficient (Wildman–Crippen LogP) is 5.60. The first-order valence-corrected chi connectivity index (χ1v) is 10.6. The number of nitrogens with zero attached hydrogens (tertiary/aromatic N) is 2. The van der Waals surface area contributed by atoms with Crippen molar-refractivity contribution >= 4 is 39.4 Å². The van der Waals surface area contributed by atoms with E-state index in [0.29, 0.717) is 33.6 Å². The number of carbonyl (C=O) groups excluding carboxylic acids is 1. The lowest BCUT2D eigenvalue weighted by molar-refractivity contribution is -0.384. The molecule has 146 valence electrons. The van der Waals surface area contributed by atoms with Crippen molar-refractivity contribution in [3.63, 3.8) is 0 Å². The fourth-order valence-corrected chi connectivity index (χ4v) is 4.04. The Bertz CT molecular complexity index is 968. The molecule has 0 fully saturated rings. The number of thiazole rings is 1. The number of anilines is 1. The van der Waals surface area contributed by atoms with E-state index >= 15 is 0 Å². The van der Waals surface area contributed by atoms with Gasteiger partial charge in [-0.2, -0.15) is 0 Å². The van der Waals surface area contributed by atoms with Gasteiger partial charge in [-0.3, -0.25) is 20.2 Å². The first kappa shape index (κ1) is 20.0. The maximum absolute atomic E-state index is 12.5. The van der Waals surface area contributed by atoms with Crippen LogP contribution in [-0.2, 0) is 0 Å². The quantitative estimate of drug-likeness (QED) is 0.278. The van der Waals surface area contributed by atoms with Gasteiger partial charge in [0, 0.05) is 17.0 Å². The Labute approximate surface area is 170 Å². The van der Waals surface area contributed by atoms with Crippen LogP contribution in [0.1, 0.15) is 36.5 Å². The maximum atomic E-state index is 12.5. The molecule has 0 aliphatic rings. The molecule has 0 saturated heterocycles. The minimum absolute atomic E-state index is 0.0364. The third-order valence-corrected chi connectivity index (χ3v) is 5.58. The van der Waals surface area contributed by atoms with Gasteiger partial charge in [-0.05, 0) is 24.6 Å². The number of benzene rings is 1. The molecule has 1 amide bonds. The zero-order chi connectivity index (χ0) is 19.9. The number of thiophene rings is 1. The van der Waals surface area contributed by atoms with Gasteiger partial charge >= 0.3 is 0 Å². The molecule has 7 nitrogen and oxygen atoms in total. The highest BCUT2D eigenvalue weighted by molar-refractivity contribution is 7.16. The average Bonchev–Trinajstić information content (AvgIpc) is 3.35. The number of ether oxygens (including phenoxy) is 1. The van der Waals surface area contributed by atoms with Crippen LogP contribution in [0.2, 0.25) is 0 Å². The summed E-state index contributed by atoms with van der Waals surface area (Å²) < 4.78 is 5.69. The van der Waals surface area contributed by atoms with E-state index < -0.39 is 4.92 Å². The summed E-state index contributed by atoms with van der Waals surface area (Å²) >= 11 is 2.52. The summed E-state index contributed by atoms with van der Waals surface area (Å²) in [5.41, 5.74) is 1.12. The largest absolute Gasteiger partial charge is 0.494 e. The van der Waals surface area contributed by atoms with Gasteiger partial charge in [-0.1, -0.05) is 25.8 Å². The molecule has 9 heteroatoms. The molecule has 0 bridgehead atoms. The average molecular weight is 418 g/mol. The third kappa shape index (κ3) is 5.14. The summed E-state index contributed by atoms with van der Waals surface area (Å²) in [5.74, 6) is 0.381. The van der Waals surface area contributed by atoms with Crippen LogP contribution < -0.4 is 10.1 Å². The van der Waals surface area contributed by atoms with Gasteiger partial charge in [0.2, 0.25) is 0 Å². The highest BCUT2D eigenvalue weighted by Crippen LogP contribution is 2.33. The van der Waals surface area contributed by atoms with Crippen LogP contribution in [0.5, 0.6) is 5.75 Å². The van der Waals surface area contributed by atoms with E-state index in [-0.39, 0.29) is 11.6 Å². The Morgan fingerprint density at radius 3 is 2.86 bits per heavy atom. The number of unbranched alkanes of at least 4 members (excludes halogenated alkanes) is 2. The normalized spacial score (nSPS) is 10.6. The van der Waals surface area contributed by atoms with E-state index in [1.165, 1.54) is 34.1 Å². The number of hydrogen-bond donors (Lipinski definition) is 1. The van der Waals surface area contributed by atoms with Crippen molar-refractivity contribution in [2.75, 3.05) is 11.9 Å². The van der Waals surface area contributed by atoms with Gasteiger partial charge < -0.3 is 4.74 Å². The molecule has 0 aliphatic carbocycles. The second-order valence-electron chi connectivity index (χ2n) is 6.00. The van der Waals surface area contributed by atoms with E-state index in [2.05, 4.69) is 17.2 Å². The first-order valence-electron chi connectivity index (χ1n) is 8.80. The number of carbonyl (C=O) groups is 1. The van der Waals surface area contributed by atoms with Crippen molar-refractivity contribution in [2.45, 2.75) is 26.2 Å². The van der Waals surface area contributed by atoms with Crippen molar-refractivity contribution in [2.24, 2.45) is 0 Å². The van der Waals surface area contributed by atoms with E-state index in [9.17, 15) is 14.9 Å². The van der Waals surface area contributed by atoms with Gasteiger partial charge in [0.05, 0.1) is 27.5 Å². The molecule has 0 unspecified atom stereocenters. The van der Waals surface area contributed by atoms with Crippen LogP contribution in [0, 0.1) is 10.1 Å². The molecule has 0 atom stereocenters. The van der Waals surface area contributed by atoms with Gasteiger partial charge in [0.15, 0.2) is 5.13 Å². The van der Waals surface area contributed by atoms with Crippen molar-refractivity contribution in [1.82, 2.24) is 4.98 Å². The minimum Gasteiger partial charge on any atom is -0.494 e. The summed E-state index contributed by atoms with van der Waals surface area (Å²) in [6, 6.07) is 8.50. The van der Waals surface area contributed by atoms with Crippen LogP contribution in [0.15, 0.2) is 41.1 Å². The van der Waals surface area contributed by atoms with Crippen LogP contribution in [0.3, 0.4) is 0 Å². The number of amides is 1. The molecule has 2 aromatic heterocycles. The van der Waals surface area contributed by atoms with E-state index in [1.54, 1.807) is 23.6 Å². The first-order chi connectivity index (χ1) is 13.6. The smallest absolute Gasteiger partial charge is 0.280 e. The Morgan fingerprint density at radius 1 is 1.25 bits per heavy atom. The molecule has 2 heterocycles. The number of nitro groups is 1. The van der Waals surface area contributed by atoms with Crippen LogP contribution >= 0.6 is 22.7 Å². The van der Waals surface area contributed by atoms with E-state index in [0.717, 1.165) is 19.3 Å². The summed E-state index contributed by atoms with van der Waals surface area (Å²) in [6.07, 6.45) is 3.22. The predicted molar refractivity (Wildman–Crippen MR) is 111 cm³/mol. The van der Waals surface area contributed by atoms with E-state index in [4.69, 9.17) is 4.74 Å². The summed E-state index contributed by atoms with van der Waals surface area (Å²) in [5, 5.41) is 17.2. The van der Waals surface area contributed by atoms with Gasteiger partial charge in [-0.15, -0.1) is 22.7 Å². The Kier molecular flexibility index (Phi) is 6.72. The Morgan fingerprint density at radius 2 is 2.11 bits per heavy atom. The number of aromatic nitrogens is 1. The monoisotopic (exact) mass is 417 g/mol. The number of nitrogens with one attached hydrogen (secondary N) is 1. The molecule has 0 saturated carbocycles. The molecule has 0 spiro atoms. The molecule has 0 aliphatic heterocycles. The number of hydrogen-bond acceptors (Lipinski definition) is 7. The third-order valence-electron chi connectivity index (χ3n) is 3.89. The van der Waals surface area contributed by atoms with Crippen LogP contribution in [0.25, 0.3) is 10.6 Å². The standard InChI is InChI=1S/C19H19N3O4S2/c1-2-3-4-8-26-15-7-5-6-13(9-15)18(23)21-19-20-16(12-28-19)17-10-14(11-27-17)22(24)25/h5-7,9-12H,2-4,8H2,1H3,(H,20,21,23). The van der Waals surface area contributed by atoms with Crippen molar-refractivity contribution in [3.05, 3.63) is 56.8 Å². The summed E-state index contributed by atoms with van der Waals surface area (Å²) in [4.78, 5) is 27.9. The molecule has 28 heavy (non-hydrogen) atoms. The topological polar surface area (TPSA) is 94.4 Å². The highest BCUT2D eigenvalue weighted by Gasteiger charge is 2.15. The maximum Gasteiger partial charge on any atom is 0.280 e. The van der Waals surface area contributed by atoms with E-state index in [1.807, 2.05) is 6.07 Å².